The number of aryl methyl sites for hydroxylation is 2. The topological polar surface area (TPSA) is 85.0 Å². The number of morpholine rings is 1. The van der Waals surface area contributed by atoms with Crippen LogP contribution in [-0.2, 0) is 20.8 Å². The first-order valence-corrected chi connectivity index (χ1v) is 9.16. The maximum atomic E-state index is 10.6. The second-order valence-electron chi connectivity index (χ2n) is 7.27. The third-order valence-electron chi connectivity index (χ3n) is 5.36. The number of carboxylic acid groups (broad SMARTS) is 1. The van der Waals surface area contributed by atoms with E-state index >= 15 is 0 Å². The molecule has 2 atom stereocenters. The van der Waals surface area contributed by atoms with Gasteiger partial charge in [-0.2, -0.15) is 13.2 Å². The Labute approximate surface area is 161 Å². The zero-order chi connectivity index (χ0) is 20.9. The van der Waals surface area contributed by atoms with Gasteiger partial charge >= 0.3 is 12.1 Å². The highest BCUT2D eigenvalue weighted by Gasteiger charge is 2.46. The average molecular weight is 408 g/mol. The lowest BCUT2D eigenvalue weighted by Crippen LogP contribution is -2.54. The van der Waals surface area contributed by atoms with Gasteiger partial charge in [-0.3, -0.25) is 4.90 Å². The van der Waals surface area contributed by atoms with Crippen molar-refractivity contribution in [2.45, 2.75) is 51.4 Å². The molecular formula is C18H27F3N2O5. The van der Waals surface area contributed by atoms with E-state index in [2.05, 4.69) is 10.1 Å². The molecule has 0 bridgehead atoms. The summed E-state index contributed by atoms with van der Waals surface area (Å²) >= 11 is 0. The van der Waals surface area contributed by atoms with Crippen LogP contribution in [0.25, 0.3) is 0 Å². The van der Waals surface area contributed by atoms with Crippen molar-refractivity contribution < 1.29 is 37.1 Å². The Morgan fingerprint density at radius 2 is 2.11 bits per heavy atom. The second-order valence-corrected chi connectivity index (χ2v) is 7.27. The summed E-state index contributed by atoms with van der Waals surface area (Å²) in [7, 11) is 1.79. The molecule has 1 spiro atoms. The van der Waals surface area contributed by atoms with Gasteiger partial charge in [-0.1, -0.05) is 11.6 Å². The minimum Gasteiger partial charge on any atom is -0.475 e. The van der Waals surface area contributed by atoms with Crippen molar-refractivity contribution in [3.63, 3.8) is 0 Å². The van der Waals surface area contributed by atoms with Crippen LogP contribution in [0.5, 0.6) is 0 Å². The fraction of sp³-hybridized carbons (Fsp3) is 0.778. The summed E-state index contributed by atoms with van der Waals surface area (Å²) in [5.41, 5.74) is 2.23. The molecule has 2 heterocycles. The van der Waals surface area contributed by atoms with Crippen molar-refractivity contribution in [3.8, 4) is 0 Å². The Hall–Kier alpha value is -1.65. The fourth-order valence-corrected chi connectivity index (χ4v) is 3.92. The van der Waals surface area contributed by atoms with Gasteiger partial charge in [0.15, 0.2) is 0 Å². The molecule has 1 aliphatic heterocycles. The molecule has 160 valence electrons. The third-order valence-corrected chi connectivity index (χ3v) is 5.36. The zero-order valence-electron chi connectivity index (χ0n) is 16.3. The Kier molecular flexibility index (Phi) is 7.46. The summed E-state index contributed by atoms with van der Waals surface area (Å²) in [5.74, 6) is -1.30. The van der Waals surface area contributed by atoms with Gasteiger partial charge in [-0.05, 0) is 26.7 Å². The highest BCUT2D eigenvalue weighted by atomic mass is 19.4. The predicted molar refractivity (Wildman–Crippen MR) is 92.8 cm³/mol. The summed E-state index contributed by atoms with van der Waals surface area (Å²) in [4.78, 5) is 11.4. The number of ether oxygens (including phenoxy) is 2. The molecule has 7 nitrogen and oxygen atoms in total. The van der Waals surface area contributed by atoms with E-state index in [1.807, 2.05) is 13.8 Å². The number of aromatic nitrogens is 1. The first-order chi connectivity index (χ1) is 13.1. The molecule has 1 N–H and O–H groups in total. The molecule has 0 radical (unpaired) electrons. The summed E-state index contributed by atoms with van der Waals surface area (Å²) in [6.45, 7) is 8.51. The van der Waals surface area contributed by atoms with Crippen LogP contribution in [0.1, 0.15) is 36.3 Å². The van der Waals surface area contributed by atoms with Gasteiger partial charge in [0.25, 0.3) is 0 Å². The second kappa shape index (κ2) is 9.23. The molecule has 0 unspecified atom stereocenters. The normalized spacial score (nSPS) is 25.6. The van der Waals surface area contributed by atoms with E-state index in [9.17, 15) is 13.2 Å². The zero-order valence-corrected chi connectivity index (χ0v) is 16.3. The molecule has 10 heteroatoms. The number of nitrogens with zero attached hydrogens (tertiary/aromatic N) is 2. The van der Waals surface area contributed by atoms with Gasteiger partial charge in [0.05, 0.1) is 24.5 Å². The summed E-state index contributed by atoms with van der Waals surface area (Å²) < 4.78 is 48.7. The van der Waals surface area contributed by atoms with Crippen LogP contribution in [0.3, 0.4) is 0 Å². The van der Waals surface area contributed by atoms with Crippen molar-refractivity contribution in [2.75, 3.05) is 33.4 Å². The fourth-order valence-electron chi connectivity index (χ4n) is 3.92. The quantitative estimate of drug-likeness (QED) is 0.820. The van der Waals surface area contributed by atoms with E-state index in [1.54, 1.807) is 7.11 Å². The van der Waals surface area contributed by atoms with Crippen molar-refractivity contribution in [1.82, 2.24) is 10.1 Å². The van der Waals surface area contributed by atoms with Crippen LogP contribution < -0.4 is 0 Å². The van der Waals surface area contributed by atoms with Crippen LogP contribution in [-0.4, -0.2) is 66.3 Å². The van der Waals surface area contributed by atoms with Gasteiger partial charge in [-0.25, -0.2) is 4.79 Å². The van der Waals surface area contributed by atoms with Crippen molar-refractivity contribution in [3.05, 3.63) is 17.0 Å². The van der Waals surface area contributed by atoms with Gasteiger partial charge < -0.3 is 19.1 Å². The molecule has 2 fully saturated rings. The lowest BCUT2D eigenvalue weighted by atomic mass is 9.89. The molecule has 3 rings (SSSR count). The monoisotopic (exact) mass is 408 g/mol. The number of halogens is 3. The number of aliphatic carboxylic acids is 1. The first-order valence-electron chi connectivity index (χ1n) is 9.16. The van der Waals surface area contributed by atoms with Crippen LogP contribution >= 0.6 is 0 Å². The summed E-state index contributed by atoms with van der Waals surface area (Å²) in [5, 5.41) is 11.2. The van der Waals surface area contributed by atoms with Crippen LogP contribution in [0.15, 0.2) is 4.52 Å². The van der Waals surface area contributed by atoms with Crippen molar-refractivity contribution in [1.29, 1.82) is 0 Å². The van der Waals surface area contributed by atoms with Gasteiger partial charge in [0, 0.05) is 38.2 Å². The number of carboxylic acids is 1. The maximum absolute atomic E-state index is 10.6. The third kappa shape index (κ3) is 5.45. The van der Waals surface area contributed by atoms with Crippen LogP contribution in [0.2, 0.25) is 0 Å². The van der Waals surface area contributed by atoms with E-state index in [0.29, 0.717) is 5.92 Å². The number of rotatable bonds is 4. The first kappa shape index (κ1) is 22.6. The number of methoxy groups -OCH3 is 1. The van der Waals surface area contributed by atoms with Gasteiger partial charge in [0.2, 0.25) is 0 Å². The molecule has 0 aromatic carbocycles. The minimum atomic E-state index is -5.08. The standard InChI is InChI=1S/C16H26N2O3.C2HF3O2/c1-12-15(13(2)21-17-12)9-18-7-8-20-16(11-18)6-4-5-14(16)10-19-3;3-2(4,5)1(6)7/h14H,4-11H2,1-3H3;(H,6,7)/t14-,16+;/m1./s1. The van der Waals surface area contributed by atoms with Crippen molar-refractivity contribution in [2.24, 2.45) is 5.92 Å². The Bertz CT molecular complexity index is 645. The molecule has 28 heavy (non-hydrogen) atoms. The largest absolute Gasteiger partial charge is 0.490 e. The number of alkyl halides is 3. The molecule has 1 aliphatic carbocycles. The van der Waals surface area contributed by atoms with E-state index in [-0.39, 0.29) is 5.60 Å². The Balaban J connectivity index is 0.000000345. The number of hydrogen-bond acceptors (Lipinski definition) is 6. The van der Waals surface area contributed by atoms with E-state index in [4.69, 9.17) is 23.9 Å². The molecule has 1 saturated heterocycles. The lowest BCUT2D eigenvalue weighted by Gasteiger charge is -2.44. The molecule has 1 aromatic rings. The predicted octanol–water partition coefficient (Wildman–Crippen LogP) is 2.94. The smallest absolute Gasteiger partial charge is 0.475 e. The van der Waals surface area contributed by atoms with Crippen LogP contribution in [0, 0.1) is 19.8 Å². The lowest BCUT2D eigenvalue weighted by molar-refractivity contribution is -0.192. The summed E-state index contributed by atoms with van der Waals surface area (Å²) in [6.07, 6.45) is -1.47. The average Bonchev–Trinajstić information content (AvgIpc) is 3.13. The molecular weight excluding hydrogens is 381 g/mol. The van der Waals surface area contributed by atoms with E-state index in [1.165, 1.54) is 18.4 Å². The van der Waals surface area contributed by atoms with Crippen molar-refractivity contribution >= 4 is 5.97 Å². The number of carbonyl (C=O) groups is 1. The highest BCUT2D eigenvalue weighted by molar-refractivity contribution is 5.73. The van der Waals surface area contributed by atoms with Gasteiger partial charge in [-0.15, -0.1) is 0 Å². The summed E-state index contributed by atoms with van der Waals surface area (Å²) in [6, 6.07) is 0. The number of hydrogen-bond donors (Lipinski definition) is 1. The molecule has 1 saturated carbocycles. The highest BCUT2D eigenvalue weighted by Crippen LogP contribution is 2.41. The minimum absolute atomic E-state index is 0.00671. The SMILES string of the molecule is COC[C@H]1CCC[C@]12CN(Cc1c(C)noc1C)CCO2.O=C(O)C(F)(F)F. The van der Waals surface area contributed by atoms with Crippen LogP contribution in [0.4, 0.5) is 13.2 Å². The van der Waals surface area contributed by atoms with E-state index < -0.39 is 12.1 Å². The Morgan fingerprint density at radius 3 is 2.64 bits per heavy atom. The molecule has 1 aromatic heterocycles. The Morgan fingerprint density at radius 1 is 1.43 bits per heavy atom. The maximum Gasteiger partial charge on any atom is 0.490 e. The molecule has 0 amide bonds. The molecule has 2 aliphatic rings. The van der Waals surface area contributed by atoms with Gasteiger partial charge in [0.1, 0.15) is 5.76 Å². The van der Waals surface area contributed by atoms with E-state index in [0.717, 1.165) is 50.7 Å².